The van der Waals surface area contributed by atoms with Crippen molar-refractivity contribution >= 4 is 21.9 Å². The molecule has 5 rings (SSSR count). The first kappa shape index (κ1) is 23.4. The molecule has 1 atom stereocenters. The summed E-state index contributed by atoms with van der Waals surface area (Å²) >= 11 is 0. The Labute approximate surface area is 203 Å². The van der Waals surface area contributed by atoms with Gasteiger partial charge in [-0.1, -0.05) is 0 Å². The fourth-order valence-corrected chi connectivity index (χ4v) is 4.48. The summed E-state index contributed by atoms with van der Waals surface area (Å²) in [6, 6.07) is 9.50. The highest BCUT2D eigenvalue weighted by Crippen LogP contribution is 2.52. The Hall–Kier alpha value is -4.30. The number of fused-ring (bicyclic) bond motifs is 2. The molecule has 1 unspecified atom stereocenters. The van der Waals surface area contributed by atoms with Crippen LogP contribution in [0.5, 0.6) is 5.75 Å². The second-order valence-corrected chi connectivity index (χ2v) is 8.45. The van der Waals surface area contributed by atoms with E-state index in [0.717, 1.165) is 0 Å². The van der Waals surface area contributed by atoms with Crippen LogP contribution in [-0.2, 0) is 16.9 Å². The van der Waals surface area contributed by atoms with Gasteiger partial charge in [-0.2, -0.15) is 18.4 Å². The maximum atomic E-state index is 15.4. The Balaban J connectivity index is 1.85. The Morgan fingerprint density at radius 1 is 1.11 bits per heavy atom. The first-order valence-corrected chi connectivity index (χ1v) is 10.9. The van der Waals surface area contributed by atoms with Crippen LogP contribution in [0.2, 0.25) is 0 Å². The van der Waals surface area contributed by atoms with Gasteiger partial charge < -0.3 is 24.4 Å². The van der Waals surface area contributed by atoms with Gasteiger partial charge in [-0.25, -0.2) is 9.97 Å². The van der Waals surface area contributed by atoms with Gasteiger partial charge in [0.15, 0.2) is 5.82 Å². The number of halogens is 3. The highest BCUT2D eigenvalue weighted by molar-refractivity contribution is 5.90. The molecule has 0 bridgehead atoms. The molecule has 3 N–H and O–H groups in total. The van der Waals surface area contributed by atoms with Gasteiger partial charge in [-0.3, -0.25) is 0 Å². The molecule has 0 saturated carbocycles. The number of aromatic amines is 3. The molecule has 11 heteroatoms. The van der Waals surface area contributed by atoms with Crippen LogP contribution < -0.4 is 4.74 Å². The summed E-state index contributed by atoms with van der Waals surface area (Å²) in [7, 11) is 1.31. The van der Waals surface area contributed by atoms with Crippen molar-refractivity contribution in [2.45, 2.75) is 32.2 Å². The molecule has 0 fully saturated rings. The monoisotopic (exact) mass is 494 g/mol. The number of nitriles is 1. The summed E-state index contributed by atoms with van der Waals surface area (Å²) in [5.74, 6) is -0.279. The molecule has 36 heavy (non-hydrogen) atoms. The van der Waals surface area contributed by atoms with Gasteiger partial charge in [-0.15, -0.1) is 0 Å². The molecular formula is C25H21F3N6O2. The highest BCUT2D eigenvalue weighted by Gasteiger charge is 2.63. The molecule has 2 aromatic carbocycles. The third-order valence-corrected chi connectivity index (χ3v) is 6.10. The lowest BCUT2D eigenvalue weighted by atomic mass is 9.87. The van der Waals surface area contributed by atoms with E-state index >= 15 is 13.2 Å². The Morgan fingerprint density at radius 2 is 1.92 bits per heavy atom. The van der Waals surface area contributed by atoms with Crippen LogP contribution in [0.3, 0.4) is 0 Å². The molecule has 8 nitrogen and oxygen atoms in total. The quantitative estimate of drug-likeness (QED) is 0.297. The predicted octanol–water partition coefficient (Wildman–Crippen LogP) is 5.29. The number of aromatic nitrogens is 5. The molecule has 0 aliphatic heterocycles. The first-order valence-electron chi connectivity index (χ1n) is 10.9. The molecule has 0 radical (unpaired) electrons. The van der Waals surface area contributed by atoms with Gasteiger partial charge in [0.05, 0.1) is 35.3 Å². The van der Waals surface area contributed by atoms with Crippen molar-refractivity contribution in [1.82, 2.24) is 24.9 Å². The van der Waals surface area contributed by atoms with E-state index in [1.807, 2.05) is 6.07 Å². The minimum Gasteiger partial charge on any atom is -0.496 e. The standard InChI is InChI=1S/C25H21F3N6O2/c1-13-8-19(35-3)21(16-6-7-30-22(13)16)24(25(26,27)28,36-12-20-31-11-14(2)32-20)23-33-17-5-4-15(10-29)9-18(17)34-23/h4-9,11,30H,12H2,1-3H3,(H,31,32)(H,33,34). The number of aryl methyl sites for hydroxylation is 2. The number of methoxy groups -OCH3 is 1. The predicted molar refractivity (Wildman–Crippen MR) is 125 cm³/mol. The molecule has 0 amide bonds. The van der Waals surface area contributed by atoms with Gasteiger partial charge >= 0.3 is 6.18 Å². The van der Waals surface area contributed by atoms with Crippen molar-refractivity contribution < 1.29 is 22.6 Å². The van der Waals surface area contributed by atoms with Crippen molar-refractivity contribution in [3.63, 3.8) is 0 Å². The summed E-state index contributed by atoms with van der Waals surface area (Å²) in [4.78, 5) is 17.1. The van der Waals surface area contributed by atoms with Crippen LogP contribution in [0, 0.1) is 25.2 Å². The molecule has 3 aromatic heterocycles. The largest absolute Gasteiger partial charge is 0.496 e. The SMILES string of the molecule is COc1cc(C)c2[nH]ccc2c1C(OCc1ncc(C)[nH]1)(c1nc2ccc(C#N)cc2[nH]1)C(F)(F)F. The van der Waals surface area contributed by atoms with E-state index in [1.54, 1.807) is 26.1 Å². The number of nitrogens with one attached hydrogen (secondary N) is 3. The van der Waals surface area contributed by atoms with E-state index in [9.17, 15) is 5.26 Å². The van der Waals surface area contributed by atoms with Crippen LogP contribution in [0.4, 0.5) is 13.2 Å². The summed E-state index contributed by atoms with van der Waals surface area (Å²) in [5, 5.41) is 9.53. The zero-order chi connectivity index (χ0) is 25.7. The van der Waals surface area contributed by atoms with Crippen molar-refractivity contribution in [2.75, 3.05) is 7.11 Å². The maximum absolute atomic E-state index is 15.4. The average molecular weight is 494 g/mol. The number of hydrogen-bond donors (Lipinski definition) is 3. The van der Waals surface area contributed by atoms with Crippen molar-refractivity contribution in [1.29, 1.82) is 5.26 Å². The number of alkyl halides is 3. The zero-order valence-electron chi connectivity index (χ0n) is 19.5. The molecule has 0 saturated heterocycles. The summed E-state index contributed by atoms with van der Waals surface area (Å²) in [5.41, 5.74) is -0.612. The minimum atomic E-state index is -4.99. The highest BCUT2D eigenvalue weighted by atomic mass is 19.4. The lowest BCUT2D eigenvalue weighted by Gasteiger charge is -2.35. The van der Waals surface area contributed by atoms with Crippen molar-refractivity contribution in [3.05, 3.63) is 76.8 Å². The normalized spacial score (nSPS) is 13.7. The summed E-state index contributed by atoms with van der Waals surface area (Å²) in [6.07, 6.45) is -1.92. The molecular weight excluding hydrogens is 473 g/mol. The summed E-state index contributed by atoms with van der Waals surface area (Å²) in [6.45, 7) is 3.03. The van der Waals surface area contributed by atoms with Gasteiger partial charge in [0.25, 0.3) is 5.60 Å². The maximum Gasteiger partial charge on any atom is 0.429 e. The van der Waals surface area contributed by atoms with Gasteiger partial charge in [0, 0.05) is 29.0 Å². The fraction of sp³-hybridized carbons (Fsp3) is 0.240. The van der Waals surface area contributed by atoms with E-state index in [0.29, 0.717) is 16.8 Å². The Morgan fingerprint density at radius 3 is 2.58 bits per heavy atom. The minimum absolute atomic E-state index is 0.00859. The van der Waals surface area contributed by atoms with E-state index < -0.39 is 24.2 Å². The number of imidazole rings is 2. The number of benzene rings is 2. The Bertz CT molecular complexity index is 1620. The third kappa shape index (κ3) is 3.58. The van der Waals surface area contributed by atoms with E-state index in [-0.39, 0.29) is 39.1 Å². The molecule has 0 spiro atoms. The average Bonchev–Trinajstić information content (AvgIpc) is 3.58. The molecule has 184 valence electrons. The smallest absolute Gasteiger partial charge is 0.429 e. The number of nitrogens with zero attached hydrogens (tertiary/aromatic N) is 3. The topological polar surface area (TPSA) is 115 Å². The zero-order valence-corrected chi connectivity index (χ0v) is 19.5. The van der Waals surface area contributed by atoms with Gasteiger partial charge in [0.1, 0.15) is 18.2 Å². The van der Waals surface area contributed by atoms with Crippen molar-refractivity contribution in [3.8, 4) is 11.8 Å². The second-order valence-electron chi connectivity index (χ2n) is 8.45. The number of H-pyrrole nitrogens is 3. The fourth-order valence-electron chi connectivity index (χ4n) is 4.48. The number of hydrogen-bond acceptors (Lipinski definition) is 5. The van der Waals surface area contributed by atoms with Crippen LogP contribution in [0.25, 0.3) is 21.9 Å². The third-order valence-electron chi connectivity index (χ3n) is 6.10. The van der Waals surface area contributed by atoms with E-state index in [2.05, 4.69) is 24.9 Å². The Kier molecular flexibility index (Phi) is 5.49. The van der Waals surface area contributed by atoms with Crippen LogP contribution >= 0.6 is 0 Å². The first-order chi connectivity index (χ1) is 17.2. The molecule has 0 aliphatic carbocycles. The molecule has 0 aliphatic rings. The lowest BCUT2D eigenvalue weighted by molar-refractivity contribution is -0.273. The summed E-state index contributed by atoms with van der Waals surface area (Å²) < 4.78 is 57.7. The number of rotatable bonds is 6. The molecule has 3 heterocycles. The van der Waals surface area contributed by atoms with E-state index in [1.165, 1.54) is 37.6 Å². The lowest BCUT2D eigenvalue weighted by Crippen LogP contribution is -2.47. The molecule has 5 aromatic rings. The number of ether oxygens (including phenoxy) is 2. The van der Waals surface area contributed by atoms with E-state index in [4.69, 9.17) is 9.47 Å². The van der Waals surface area contributed by atoms with Crippen LogP contribution in [0.15, 0.2) is 42.7 Å². The van der Waals surface area contributed by atoms with Gasteiger partial charge in [0.2, 0.25) is 0 Å². The van der Waals surface area contributed by atoms with Crippen LogP contribution in [-0.4, -0.2) is 38.2 Å². The van der Waals surface area contributed by atoms with Crippen LogP contribution in [0.1, 0.15) is 34.0 Å². The van der Waals surface area contributed by atoms with Gasteiger partial charge in [-0.05, 0) is 49.7 Å². The second kappa shape index (κ2) is 8.42. The van der Waals surface area contributed by atoms with Crippen molar-refractivity contribution in [2.24, 2.45) is 0 Å².